The molecule has 3 heterocycles. The van der Waals surface area contributed by atoms with E-state index in [4.69, 9.17) is 18.9 Å². The molecule has 0 radical (unpaired) electrons. The van der Waals surface area contributed by atoms with Gasteiger partial charge in [0.15, 0.2) is 18.4 Å². The zero-order valence-electron chi connectivity index (χ0n) is 13.5. The van der Waals surface area contributed by atoms with Gasteiger partial charge in [-0.3, -0.25) is 23.9 Å². The van der Waals surface area contributed by atoms with Crippen LogP contribution in [0.15, 0.2) is 20.3 Å². The van der Waals surface area contributed by atoms with Crippen molar-refractivity contribution in [3.63, 3.8) is 0 Å². The number of fused-ring (bicyclic) bond motifs is 1. The molecule has 1 aromatic rings. The quantitative estimate of drug-likeness (QED) is 0.468. The summed E-state index contributed by atoms with van der Waals surface area (Å²) in [5.74, 6) is -2.28. The van der Waals surface area contributed by atoms with Crippen LogP contribution in [0.5, 0.6) is 0 Å². The number of carbonyl (C=O) groups is 3. The van der Waals surface area contributed by atoms with Crippen LogP contribution in [-0.4, -0.2) is 51.9 Å². The number of hydrogen-bond acceptors (Lipinski definition) is 9. The Bertz CT molecular complexity index is 891. The van der Waals surface area contributed by atoms with Crippen molar-refractivity contribution < 1.29 is 33.3 Å². The number of esters is 3. The molecule has 0 spiro atoms. The van der Waals surface area contributed by atoms with Gasteiger partial charge in [-0.15, -0.1) is 0 Å². The third kappa shape index (κ3) is 3.17. The minimum atomic E-state index is -1.36. The first-order valence-corrected chi connectivity index (χ1v) is 8.19. The molecule has 1 N–H and O–H groups in total. The summed E-state index contributed by atoms with van der Waals surface area (Å²) in [6.07, 6.45) is -4.76. The van der Waals surface area contributed by atoms with Crippen molar-refractivity contribution in [3.8, 4) is 0 Å². The van der Waals surface area contributed by atoms with Gasteiger partial charge in [-0.2, -0.15) is 0 Å². The van der Waals surface area contributed by atoms with E-state index in [9.17, 15) is 24.0 Å². The van der Waals surface area contributed by atoms with Crippen molar-refractivity contribution in [1.29, 1.82) is 0 Å². The summed E-state index contributed by atoms with van der Waals surface area (Å²) in [6, 6.07) is 0. The molecule has 3 rings (SSSR count). The summed E-state index contributed by atoms with van der Waals surface area (Å²) in [7, 11) is 0. The van der Waals surface area contributed by atoms with Gasteiger partial charge in [0.1, 0.15) is 6.10 Å². The molecule has 0 aromatic carbocycles. The minimum Gasteiger partial charge on any atom is -0.454 e. The SMILES string of the molecule is CC(=O)O[C@@H]1[C@@H]2OC(=O)[C@H](OC(C)=O)[C@@H]2O[C@@H]1n1cc(Br)c(=O)[nH]c1=O. The Morgan fingerprint density at radius 3 is 2.42 bits per heavy atom. The number of halogens is 1. The number of nitrogens with one attached hydrogen (secondary N) is 1. The molecule has 0 saturated carbocycles. The van der Waals surface area contributed by atoms with Crippen LogP contribution in [0, 0.1) is 0 Å². The monoisotopic (exact) mass is 432 g/mol. The van der Waals surface area contributed by atoms with Gasteiger partial charge in [0.25, 0.3) is 5.56 Å². The lowest BCUT2D eigenvalue weighted by atomic mass is 10.1. The van der Waals surface area contributed by atoms with Crippen LogP contribution in [0.2, 0.25) is 0 Å². The van der Waals surface area contributed by atoms with E-state index < -0.39 is 59.8 Å². The van der Waals surface area contributed by atoms with E-state index in [2.05, 4.69) is 20.9 Å². The van der Waals surface area contributed by atoms with Crippen LogP contribution >= 0.6 is 15.9 Å². The minimum absolute atomic E-state index is 0.0351. The molecule has 26 heavy (non-hydrogen) atoms. The largest absolute Gasteiger partial charge is 0.454 e. The molecular weight excluding hydrogens is 420 g/mol. The average molecular weight is 433 g/mol. The second kappa shape index (κ2) is 6.68. The molecule has 0 amide bonds. The standard InChI is InChI=1S/C14H13BrN2O9/c1-4(18)23-9-7-8(10(13(21)26-7)24-5(2)19)25-12(9)17-3-6(15)11(20)16-14(17)22/h3,7-10,12H,1-2H3,(H,16,20,22)/t7-,8-,9-,10-,12+/m1/s1. The second-order valence-electron chi connectivity index (χ2n) is 5.64. The summed E-state index contributed by atoms with van der Waals surface area (Å²) >= 11 is 2.99. The zero-order chi connectivity index (χ0) is 19.2. The fraction of sp³-hybridized carbons (Fsp3) is 0.500. The fourth-order valence-corrected chi connectivity index (χ4v) is 3.18. The summed E-state index contributed by atoms with van der Waals surface area (Å²) in [6.45, 7) is 2.25. The highest BCUT2D eigenvalue weighted by Gasteiger charge is 2.61. The molecule has 2 fully saturated rings. The van der Waals surface area contributed by atoms with E-state index in [-0.39, 0.29) is 4.47 Å². The molecule has 0 bridgehead atoms. The summed E-state index contributed by atoms with van der Waals surface area (Å²) in [5, 5.41) is 0. The van der Waals surface area contributed by atoms with Gasteiger partial charge in [-0.1, -0.05) is 0 Å². The number of H-pyrrole nitrogens is 1. The molecule has 140 valence electrons. The van der Waals surface area contributed by atoms with E-state index in [0.29, 0.717) is 0 Å². The van der Waals surface area contributed by atoms with Crippen LogP contribution in [0.3, 0.4) is 0 Å². The smallest absolute Gasteiger partial charge is 0.350 e. The molecule has 1 aromatic heterocycles. The Balaban J connectivity index is 2.01. The highest BCUT2D eigenvalue weighted by Crippen LogP contribution is 2.39. The van der Waals surface area contributed by atoms with Crippen molar-refractivity contribution in [2.45, 2.75) is 44.5 Å². The van der Waals surface area contributed by atoms with E-state index in [1.165, 1.54) is 0 Å². The molecule has 2 saturated heterocycles. The molecule has 12 heteroatoms. The first kappa shape index (κ1) is 18.3. The third-order valence-corrected chi connectivity index (χ3v) is 4.37. The summed E-state index contributed by atoms with van der Waals surface area (Å²) in [5.41, 5.74) is -1.48. The van der Waals surface area contributed by atoms with Gasteiger partial charge in [0.05, 0.1) is 4.47 Å². The van der Waals surface area contributed by atoms with E-state index in [1.54, 1.807) is 0 Å². The van der Waals surface area contributed by atoms with Crippen LogP contribution in [0.25, 0.3) is 0 Å². The zero-order valence-corrected chi connectivity index (χ0v) is 15.0. The predicted molar refractivity (Wildman–Crippen MR) is 83.9 cm³/mol. The maximum absolute atomic E-state index is 12.1. The Morgan fingerprint density at radius 1 is 1.15 bits per heavy atom. The number of carbonyl (C=O) groups excluding carboxylic acids is 3. The lowest BCUT2D eigenvalue weighted by Crippen LogP contribution is -2.40. The lowest BCUT2D eigenvalue weighted by Gasteiger charge is -2.23. The van der Waals surface area contributed by atoms with Gasteiger partial charge in [0.2, 0.25) is 6.10 Å². The van der Waals surface area contributed by atoms with Crippen LogP contribution in [0.1, 0.15) is 20.1 Å². The Labute approximate surface area is 153 Å². The molecule has 0 unspecified atom stereocenters. The first-order valence-electron chi connectivity index (χ1n) is 7.40. The Kier molecular flexibility index (Phi) is 4.71. The van der Waals surface area contributed by atoms with Crippen molar-refractivity contribution in [3.05, 3.63) is 31.5 Å². The van der Waals surface area contributed by atoms with Gasteiger partial charge >= 0.3 is 23.6 Å². The fourth-order valence-electron chi connectivity index (χ4n) is 2.86. The van der Waals surface area contributed by atoms with Gasteiger partial charge < -0.3 is 18.9 Å². The molecule has 11 nitrogen and oxygen atoms in total. The molecular formula is C14H13BrN2O9. The number of aromatic nitrogens is 2. The predicted octanol–water partition coefficient (Wildman–Crippen LogP) is -1.01. The maximum Gasteiger partial charge on any atom is 0.350 e. The Morgan fingerprint density at radius 2 is 1.81 bits per heavy atom. The van der Waals surface area contributed by atoms with Crippen molar-refractivity contribution in [2.75, 3.05) is 0 Å². The van der Waals surface area contributed by atoms with Crippen LogP contribution in [0.4, 0.5) is 0 Å². The molecule has 5 atom stereocenters. The number of hydrogen-bond donors (Lipinski definition) is 1. The van der Waals surface area contributed by atoms with E-state index in [1.807, 2.05) is 0 Å². The second-order valence-corrected chi connectivity index (χ2v) is 6.49. The maximum atomic E-state index is 12.1. The van der Waals surface area contributed by atoms with E-state index in [0.717, 1.165) is 24.6 Å². The number of ether oxygens (including phenoxy) is 4. The number of aromatic amines is 1. The van der Waals surface area contributed by atoms with Gasteiger partial charge in [-0.05, 0) is 15.9 Å². The molecule has 0 aliphatic carbocycles. The molecule has 2 aliphatic heterocycles. The summed E-state index contributed by atoms with van der Waals surface area (Å²) in [4.78, 5) is 60.3. The highest BCUT2D eigenvalue weighted by atomic mass is 79.9. The van der Waals surface area contributed by atoms with Crippen molar-refractivity contribution in [1.82, 2.24) is 9.55 Å². The molecule has 2 aliphatic rings. The average Bonchev–Trinajstić information content (AvgIpc) is 3.00. The lowest BCUT2D eigenvalue weighted by molar-refractivity contribution is -0.174. The number of rotatable bonds is 3. The van der Waals surface area contributed by atoms with Crippen LogP contribution < -0.4 is 11.2 Å². The summed E-state index contributed by atoms with van der Waals surface area (Å²) < 4.78 is 21.9. The normalized spacial score (nSPS) is 29.8. The van der Waals surface area contributed by atoms with Crippen molar-refractivity contribution >= 4 is 33.8 Å². The van der Waals surface area contributed by atoms with Crippen molar-refractivity contribution in [2.24, 2.45) is 0 Å². The van der Waals surface area contributed by atoms with Gasteiger partial charge in [0, 0.05) is 20.0 Å². The third-order valence-electron chi connectivity index (χ3n) is 3.80. The highest BCUT2D eigenvalue weighted by molar-refractivity contribution is 9.10. The topological polar surface area (TPSA) is 143 Å². The van der Waals surface area contributed by atoms with Crippen LogP contribution in [-0.2, 0) is 33.3 Å². The first-order chi connectivity index (χ1) is 12.2. The van der Waals surface area contributed by atoms with Gasteiger partial charge in [-0.25, -0.2) is 9.59 Å². The Hall–Kier alpha value is -2.47. The van der Waals surface area contributed by atoms with E-state index >= 15 is 0 Å². The number of nitrogens with zero attached hydrogens (tertiary/aromatic N) is 1.